The molecule has 0 atom stereocenters. The van der Waals surface area contributed by atoms with Crippen LogP contribution in [0.5, 0.6) is 0 Å². The molecule has 0 unspecified atom stereocenters. The highest BCUT2D eigenvalue weighted by atomic mass is 32.2. The molecule has 1 aliphatic rings. The van der Waals surface area contributed by atoms with Gasteiger partial charge in [-0.3, -0.25) is 4.79 Å². The summed E-state index contributed by atoms with van der Waals surface area (Å²) >= 11 is 1.62. The standard InChI is InChI=1S/C19H25N3O3S2/c1-21(15-17-8-6-12-26-17)19(23)14-20-16-7-5-9-18(13-16)27(24,25)22-10-3-2-4-11-22/h5-9,12-13,20H,2-4,10-11,14-15H2,1H3. The zero-order valence-electron chi connectivity index (χ0n) is 15.4. The van der Waals surface area contributed by atoms with Crippen LogP contribution in [0.1, 0.15) is 24.1 Å². The summed E-state index contributed by atoms with van der Waals surface area (Å²) in [5, 5.41) is 5.04. The molecule has 6 nitrogen and oxygen atoms in total. The third-order valence-electron chi connectivity index (χ3n) is 4.63. The highest BCUT2D eigenvalue weighted by molar-refractivity contribution is 7.89. The quantitative estimate of drug-likeness (QED) is 0.766. The van der Waals surface area contributed by atoms with Gasteiger partial charge in [-0.25, -0.2) is 8.42 Å². The Morgan fingerprint density at radius 1 is 1.19 bits per heavy atom. The van der Waals surface area contributed by atoms with Crippen molar-refractivity contribution in [2.75, 3.05) is 32.0 Å². The van der Waals surface area contributed by atoms with Crippen LogP contribution < -0.4 is 5.32 Å². The molecule has 1 saturated heterocycles. The first-order chi connectivity index (χ1) is 13.0. The summed E-state index contributed by atoms with van der Waals surface area (Å²) in [6.45, 7) is 1.84. The number of nitrogens with zero attached hydrogens (tertiary/aromatic N) is 2. The van der Waals surface area contributed by atoms with Gasteiger partial charge < -0.3 is 10.2 Å². The number of rotatable bonds is 7. The van der Waals surface area contributed by atoms with Gasteiger partial charge in [0, 0.05) is 30.7 Å². The first-order valence-corrected chi connectivity index (χ1v) is 11.4. The largest absolute Gasteiger partial charge is 0.376 e. The molecule has 1 aromatic carbocycles. The van der Waals surface area contributed by atoms with E-state index in [1.165, 1.54) is 0 Å². The molecule has 3 rings (SSSR count). The van der Waals surface area contributed by atoms with Crippen molar-refractivity contribution in [2.24, 2.45) is 0 Å². The third kappa shape index (κ3) is 5.09. The summed E-state index contributed by atoms with van der Waals surface area (Å²) in [4.78, 5) is 15.4. The fourth-order valence-electron chi connectivity index (χ4n) is 3.06. The van der Waals surface area contributed by atoms with Gasteiger partial charge in [0.1, 0.15) is 0 Å². The Morgan fingerprint density at radius 2 is 1.96 bits per heavy atom. The molecular formula is C19H25N3O3S2. The molecule has 0 aliphatic carbocycles. The molecule has 0 spiro atoms. The van der Waals surface area contributed by atoms with E-state index < -0.39 is 10.0 Å². The van der Waals surface area contributed by atoms with Crippen LogP contribution in [0.3, 0.4) is 0 Å². The Balaban J connectivity index is 1.61. The average Bonchev–Trinajstić information content (AvgIpc) is 3.20. The van der Waals surface area contributed by atoms with Gasteiger partial charge >= 0.3 is 0 Å². The maximum Gasteiger partial charge on any atom is 0.243 e. The van der Waals surface area contributed by atoms with Crippen molar-refractivity contribution in [3.63, 3.8) is 0 Å². The molecule has 8 heteroatoms. The molecule has 2 heterocycles. The average molecular weight is 408 g/mol. The molecule has 1 aliphatic heterocycles. The summed E-state index contributed by atoms with van der Waals surface area (Å²) < 4.78 is 27.1. The second kappa shape index (κ2) is 8.86. The van der Waals surface area contributed by atoms with Gasteiger partial charge in [-0.1, -0.05) is 18.6 Å². The van der Waals surface area contributed by atoms with Crippen molar-refractivity contribution < 1.29 is 13.2 Å². The SMILES string of the molecule is CN(Cc1cccs1)C(=O)CNc1cccc(S(=O)(=O)N2CCCCC2)c1. The lowest BCUT2D eigenvalue weighted by Crippen LogP contribution is -2.35. The van der Waals surface area contributed by atoms with Crippen LogP contribution >= 0.6 is 11.3 Å². The van der Waals surface area contributed by atoms with E-state index in [0.29, 0.717) is 25.3 Å². The summed E-state index contributed by atoms with van der Waals surface area (Å²) in [6.07, 6.45) is 2.89. The van der Waals surface area contributed by atoms with Crippen molar-refractivity contribution in [3.05, 3.63) is 46.7 Å². The van der Waals surface area contributed by atoms with Crippen LogP contribution in [0, 0.1) is 0 Å². The normalized spacial score (nSPS) is 15.4. The molecule has 2 aromatic rings. The third-order valence-corrected chi connectivity index (χ3v) is 7.39. The number of amides is 1. The topological polar surface area (TPSA) is 69.7 Å². The maximum absolute atomic E-state index is 12.8. The van der Waals surface area contributed by atoms with Crippen LogP contribution in [0.4, 0.5) is 5.69 Å². The lowest BCUT2D eigenvalue weighted by molar-refractivity contribution is -0.128. The second-order valence-corrected chi connectivity index (χ2v) is 9.65. The number of nitrogens with one attached hydrogen (secondary N) is 1. The predicted octanol–water partition coefficient (Wildman–Crippen LogP) is 2.99. The van der Waals surface area contributed by atoms with Crippen molar-refractivity contribution in [3.8, 4) is 0 Å². The first kappa shape index (κ1) is 19.9. The maximum atomic E-state index is 12.8. The number of hydrogen-bond acceptors (Lipinski definition) is 5. The van der Waals surface area contributed by atoms with Crippen LogP contribution in [-0.2, 0) is 21.4 Å². The van der Waals surface area contributed by atoms with E-state index in [0.717, 1.165) is 24.1 Å². The van der Waals surface area contributed by atoms with E-state index in [2.05, 4.69) is 5.32 Å². The van der Waals surface area contributed by atoms with E-state index in [9.17, 15) is 13.2 Å². The van der Waals surface area contributed by atoms with Gasteiger partial charge in [0.05, 0.1) is 18.0 Å². The Kier molecular flexibility index (Phi) is 6.51. The summed E-state index contributed by atoms with van der Waals surface area (Å²) in [5.41, 5.74) is 0.631. The first-order valence-electron chi connectivity index (χ1n) is 9.07. The molecule has 1 N–H and O–H groups in total. The van der Waals surface area contributed by atoms with Crippen LogP contribution in [0.25, 0.3) is 0 Å². The van der Waals surface area contributed by atoms with Crippen molar-refractivity contribution in [1.29, 1.82) is 0 Å². The summed E-state index contributed by atoms with van der Waals surface area (Å²) in [7, 11) is -1.71. The number of anilines is 1. The number of thiophene rings is 1. The second-order valence-electron chi connectivity index (χ2n) is 6.68. The Morgan fingerprint density at radius 3 is 2.67 bits per heavy atom. The van der Waals surface area contributed by atoms with E-state index in [4.69, 9.17) is 0 Å². The monoisotopic (exact) mass is 407 g/mol. The van der Waals surface area contributed by atoms with E-state index in [-0.39, 0.29) is 17.3 Å². The fourth-order valence-corrected chi connectivity index (χ4v) is 5.38. The summed E-state index contributed by atoms with van der Waals surface area (Å²) in [5.74, 6) is -0.0484. The van der Waals surface area contributed by atoms with Gasteiger partial charge in [0.2, 0.25) is 15.9 Å². The highest BCUT2D eigenvalue weighted by Gasteiger charge is 2.26. The Labute approximate surface area is 164 Å². The molecule has 1 fully saturated rings. The molecule has 0 saturated carbocycles. The molecule has 1 aromatic heterocycles. The number of likely N-dealkylation sites (N-methyl/N-ethyl adjacent to an activating group) is 1. The van der Waals surface area contributed by atoms with Crippen LogP contribution in [0.2, 0.25) is 0 Å². The molecule has 1 amide bonds. The van der Waals surface area contributed by atoms with Gasteiger partial charge in [-0.05, 0) is 42.5 Å². The van der Waals surface area contributed by atoms with Gasteiger partial charge in [0.25, 0.3) is 0 Å². The minimum absolute atomic E-state index is 0.0484. The van der Waals surface area contributed by atoms with E-state index >= 15 is 0 Å². The molecule has 146 valence electrons. The van der Waals surface area contributed by atoms with Crippen LogP contribution in [-0.4, -0.2) is 50.2 Å². The summed E-state index contributed by atoms with van der Waals surface area (Å²) in [6, 6.07) is 10.7. The minimum atomic E-state index is -3.47. The number of sulfonamides is 1. The number of hydrogen-bond donors (Lipinski definition) is 1. The number of carbonyl (C=O) groups is 1. The smallest absolute Gasteiger partial charge is 0.243 e. The lowest BCUT2D eigenvalue weighted by atomic mass is 10.2. The number of benzene rings is 1. The van der Waals surface area contributed by atoms with E-state index in [1.54, 1.807) is 51.9 Å². The number of carbonyl (C=O) groups excluding carboxylic acids is 1. The van der Waals surface area contributed by atoms with Crippen molar-refractivity contribution >= 4 is 33.0 Å². The van der Waals surface area contributed by atoms with Gasteiger partial charge in [-0.2, -0.15) is 4.31 Å². The highest BCUT2D eigenvalue weighted by Crippen LogP contribution is 2.22. The van der Waals surface area contributed by atoms with Gasteiger partial charge in [0.15, 0.2) is 0 Å². The molecule has 27 heavy (non-hydrogen) atoms. The van der Waals surface area contributed by atoms with Crippen molar-refractivity contribution in [1.82, 2.24) is 9.21 Å². The molecule has 0 bridgehead atoms. The fraction of sp³-hybridized carbons (Fsp3) is 0.421. The Hall–Kier alpha value is -1.90. The van der Waals surface area contributed by atoms with Crippen molar-refractivity contribution in [2.45, 2.75) is 30.7 Å². The molecular weight excluding hydrogens is 382 g/mol. The van der Waals surface area contributed by atoms with Gasteiger partial charge in [-0.15, -0.1) is 11.3 Å². The van der Waals surface area contributed by atoms with Crippen LogP contribution in [0.15, 0.2) is 46.7 Å². The lowest BCUT2D eigenvalue weighted by Gasteiger charge is -2.26. The number of piperidine rings is 1. The Bertz CT molecular complexity index is 860. The zero-order valence-corrected chi connectivity index (χ0v) is 17.1. The predicted molar refractivity (Wildman–Crippen MR) is 108 cm³/mol. The molecule has 0 radical (unpaired) electrons. The van der Waals surface area contributed by atoms with E-state index in [1.807, 2.05) is 17.5 Å². The minimum Gasteiger partial charge on any atom is -0.376 e. The zero-order chi connectivity index (χ0) is 19.3.